The van der Waals surface area contributed by atoms with Crippen molar-refractivity contribution in [1.82, 2.24) is 9.97 Å². The van der Waals surface area contributed by atoms with Crippen LogP contribution in [0.4, 0.5) is 21.7 Å². The molecule has 1 aromatic heterocycles. The van der Waals surface area contributed by atoms with Gasteiger partial charge in [-0.3, -0.25) is 0 Å². The van der Waals surface area contributed by atoms with Gasteiger partial charge < -0.3 is 11.1 Å². The normalized spacial score (nSPS) is 10.3. The molecule has 0 spiro atoms. The van der Waals surface area contributed by atoms with Crippen molar-refractivity contribution in [3.8, 4) is 0 Å². The predicted octanol–water partition coefficient (Wildman–Crippen LogP) is 3.36. The molecule has 0 unspecified atom stereocenters. The van der Waals surface area contributed by atoms with Crippen molar-refractivity contribution in [3.63, 3.8) is 0 Å². The Hall–Kier alpha value is -1.40. The molecule has 88 valence electrons. The van der Waals surface area contributed by atoms with E-state index in [1.165, 1.54) is 12.4 Å². The SMILES string of the molecule is Nc1ncnc(Nc2cccc(Cl)c2F)c1Br. The number of anilines is 3. The molecule has 2 aromatic rings. The molecule has 7 heteroatoms. The van der Waals surface area contributed by atoms with Gasteiger partial charge in [0, 0.05) is 0 Å². The van der Waals surface area contributed by atoms with Crippen LogP contribution < -0.4 is 11.1 Å². The summed E-state index contributed by atoms with van der Waals surface area (Å²) in [6, 6.07) is 4.64. The van der Waals surface area contributed by atoms with Gasteiger partial charge in [-0.05, 0) is 28.1 Å². The van der Waals surface area contributed by atoms with Crippen molar-refractivity contribution in [2.75, 3.05) is 11.1 Å². The Kier molecular flexibility index (Phi) is 3.44. The Morgan fingerprint density at radius 2 is 2.12 bits per heavy atom. The molecule has 17 heavy (non-hydrogen) atoms. The van der Waals surface area contributed by atoms with Gasteiger partial charge in [-0.15, -0.1) is 0 Å². The first-order chi connectivity index (χ1) is 8.09. The quantitative estimate of drug-likeness (QED) is 0.891. The molecule has 0 atom stereocenters. The fourth-order valence-electron chi connectivity index (χ4n) is 1.20. The Bertz CT molecular complexity index is 514. The molecule has 0 bridgehead atoms. The second kappa shape index (κ2) is 4.85. The van der Waals surface area contributed by atoms with Crippen LogP contribution in [0.3, 0.4) is 0 Å². The van der Waals surface area contributed by atoms with E-state index in [9.17, 15) is 4.39 Å². The largest absolute Gasteiger partial charge is 0.383 e. The summed E-state index contributed by atoms with van der Waals surface area (Å²) in [5.41, 5.74) is 5.80. The average molecular weight is 318 g/mol. The second-order valence-electron chi connectivity index (χ2n) is 3.15. The van der Waals surface area contributed by atoms with Crippen molar-refractivity contribution in [2.24, 2.45) is 0 Å². The number of benzene rings is 1. The van der Waals surface area contributed by atoms with E-state index in [1.54, 1.807) is 12.1 Å². The van der Waals surface area contributed by atoms with Crippen LogP contribution in [0.2, 0.25) is 5.02 Å². The molecular weight excluding hydrogens is 310 g/mol. The van der Waals surface area contributed by atoms with E-state index >= 15 is 0 Å². The van der Waals surface area contributed by atoms with E-state index in [4.69, 9.17) is 17.3 Å². The molecule has 2 rings (SSSR count). The molecule has 1 aromatic carbocycles. The van der Waals surface area contributed by atoms with Gasteiger partial charge in [-0.25, -0.2) is 14.4 Å². The minimum Gasteiger partial charge on any atom is -0.383 e. The van der Waals surface area contributed by atoms with Gasteiger partial charge in [0.15, 0.2) is 5.82 Å². The first-order valence-electron chi connectivity index (χ1n) is 4.56. The number of nitrogens with one attached hydrogen (secondary N) is 1. The van der Waals surface area contributed by atoms with Crippen LogP contribution in [0.15, 0.2) is 29.0 Å². The fraction of sp³-hybridized carbons (Fsp3) is 0. The van der Waals surface area contributed by atoms with Crippen LogP contribution in [-0.2, 0) is 0 Å². The number of aromatic nitrogens is 2. The predicted molar refractivity (Wildman–Crippen MR) is 68.8 cm³/mol. The summed E-state index contributed by atoms with van der Waals surface area (Å²) < 4.78 is 14.1. The average Bonchev–Trinajstić information content (AvgIpc) is 2.31. The summed E-state index contributed by atoms with van der Waals surface area (Å²) in [5, 5.41) is 2.82. The highest BCUT2D eigenvalue weighted by Gasteiger charge is 2.10. The monoisotopic (exact) mass is 316 g/mol. The van der Waals surface area contributed by atoms with Crippen LogP contribution >= 0.6 is 27.5 Å². The van der Waals surface area contributed by atoms with Crippen molar-refractivity contribution in [2.45, 2.75) is 0 Å². The Morgan fingerprint density at radius 3 is 2.88 bits per heavy atom. The second-order valence-corrected chi connectivity index (χ2v) is 4.35. The van der Waals surface area contributed by atoms with Gasteiger partial charge >= 0.3 is 0 Å². The highest BCUT2D eigenvalue weighted by atomic mass is 79.9. The Morgan fingerprint density at radius 1 is 1.35 bits per heavy atom. The summed E-state index contributed by atoms with van der Waals surface area (Å²) in [4.78, 5) is 7.73. The molecular formula is C10H7BrClFN4. The maximum Gasteiger partial charge on any atom is 0.165 e. The van der Waals surface area contributed by atoms with Gasteiger partial charge in [0.1, 0.15) is 22.4 Å². The minimum atomic E-state index is -0.543. The van der Waals surface area contributed by atoms with E-state index in [0.29, 0.717) is 10.3 Å². The molecule has 0 aliphatic rings. The summed E-state index contributed by atoms with van der Waals surface area (Å²) in [5.74, 6) is 0.0989. The van der Waals surface area contributed by atoms with Gasteiger partial charge in [0.05, 0.1) is 10.7 Å². The molecule has 0 saturated heterocycles. The van der Waals surface area contributed by atoms with Gasteiger partial charge in [-0.1, -0.05) is 17.7 Å². The maximum atomic E-state index is 13.6. The smallest absolute Gasteiger partial charge is 0.165 e. The standard InChI is InChI=1S/C10H7BrClFN4/c11-7-9(14)15-4-16-10(7)17-6-3-1-2-5(12)8(6)13/h1-4H,(H3,14,15,16,17). The third-order valence-corrected chi connectivity index (χ3v) is 3.09. The Labute approximate surface area is 110 Å². The van der Waals surface area contributed by atoms with Crippen molar-refractivity contribution in [1.29, 1.82) is 0 Å². The number of nitrogen functional groups attached to an aromatic ring is 1. The van der Waals surface area contributed by atoms with Crippen LogP contribution in [0.1, 0.15) is 0 Å². The molecule has 0 amide bonds. The lowest BCUT2D eigenvalue weighted by atomic mass is 10.3. The fourth-order valence-corrected chi connectivity index (χ4v) is 1.68. The van der Waals surface area contributed by atoms with E-state index in [2.05, 4.69) is 31.2 Å². The Balaban J connectivity index is 2.38. The highest BCUT2D eigenvalue weighted by molar-refractivity contribution is 9.10. The van der Waals surface area contributed by atoms with E-state index in [-0.39, 0.29) is 16.5 Å². The highest BCUT2D eigenvalue weighted by Crippen LogP contribution is 2.29. The minimum absolute atomic E-state index is 0.0353. The third-order valence-electron chi connectivity index (χ3n) is 2.02. The van der Waals surface area contributed by atoms with Crippen molar-refractivity contribution < 1.29 is 4.39 Å². The van der Waals surface area contributed by atoms with E-state index < -0.39 is 5.82 Å². The summed E-state index contributed by atoms with van der Waals surface area (Å²) in [6.07, 6.45) is 1.28. The summed E-state index contributed by atoms with van der Waals surface area (Å²) >= 11 is 8.88. The molecule has 0 saturated carbocycles. The maximum absolute atomic E-state index is 13.6. The van der Waals surface area contributed by atoms with Gasteiger partial charge in [-0.2, -0.15) is 0 Å². The molecule has 1 heterocycles. The first-order valence-corrected chi connectivity index (χ1v) is 5.73. The summed E-state index contributed by atoms with van der Waals surface area (Å²) in [7, 11) is 0. The number of rotatable bonds is 2. The van der Waals surface area contributed by atoms with Crippen molar-refractivity contribution in [3.05, 3.63) is 39.8 Å². The number of halogens is 3. The number of hydrogen-bond acceptors (Lipinski definition) is 4. The van der Waals surface area contributed by atoms with Crippen LogP contribution in [0, 0.1) is 5.82 Å². The lowest BCUT2D eigenvalue weighted by molar-refractivity contribution is 0.632. The molecule has 0 aliphatic heterocycles. The zero-order valence-corrected chi connectivity index (χ0v) is 10.8. The lowest BCUT2D eigenvalue weighted by Crippen LogP contribution is -2.01. The van der Waals surface area contributed by atoms with E-state index in [0.717, 1.165) is 0 Å². The van der Waals surface area contributed by atoms with Crippen molar-refractivity contribution >= 4 is 44.9 Å². The van der Waals surface area contributed by atoms with Gasteiger partial charge in [0.2, 0.25) is 0 Å². The summed E-state index contributed by atoms with van der Waals surface area (Å²) in [6.45, 7) is 0. The number of nitrogens with two attached hydrogens (primary N) is 1. The lowest BCUT2D eigenvalue weighted by Gasteiger charge is -2.09. The molecule has 0 radical (unpaired) electrons. The van der Waals surface area contributed by atoms with Crippen LogP contribution in [0.25, 0.3) is 0 Å². The number of nitrogens with zero attached hydrogens (tertiary/aromatic N) is 2. The van der Waals surface area contributed by atoms with Crippen LogP contribution in [-0.4, -0.2) is 9.97 Å². The van der Waals surface area contributed by atoms with Crippen LogP contribution in [0.5, 0.6) is 0 Å². The molecule has 0 fully saturated rings. The zero-order valence-electron chi connectivity index (χ0n) is 8.42. The molecule has 4 nitrogen and oxygen atoms in total. The zero-order chi connectivity index (χ0) is 12.4. The van der Waals surface area contributed by atoms with Gasteiger partial charge in [0.25, 0.3) is 0 Å². The molecule has 3 N–H and O–H groups in total. The molecule has 0 aliphatic carbocycles. The number of hydrogen-bond donors (Lipinski definition) is 2. The first kappa shape index (κ1) is 12.1. The topological polar surface area (TPSA) is 63.8 Å². The third kappa shape index (κ3) is 2.48. The van der Waals surface area contributed by atoms with E-state index in [1.807, 2.05) is 0 Å².